The van der Waals surface area contributed by atoms with Gasteiger partial charge in [-0.25, -0.2) is 4.68 Å². The van der Waals surface area contributed by atoms with Crippen molar-refractivity contribution in [3.8, 4) is 16.3 Å². The molecular weight excluding hydrogens is 294 g/mol. The molecule has 2 aromatic heterocycles. The molecule has 1 N–H and O–H groups in total. The smallest absolute Gasteiger partial charge is 0.107 e. The second-order valence-electron chi connectivity index (χ2n) is 5.22. The Morgan fingerprint density at radius 3 is 2.68 bits per heavy atom. The quantitative estimate of drug-likeness (QED) is 0.760. The number of benzene rings is 1. The fourth-order valence-electron chi connectivity index (χ4n) is 2.40. The van der Waals surface area contributed by atoms with Crippen LogP contribution in [0.2, 0.25) is 0 Å². The summed E-state index contributed by atoms with van der Waals surface area (Å²) in [6, 6.07) is 14.3. The van der Waals surface area contributed by atoms with Crippen LogP contribution in [-0.4, -0.2) is 40.0 Å². The minimum absolute atomic E-state index is 0.164. The van der Waals surface area contributed by atoms with E-state index in [2.05, 4.69) is 22.5 Å². The summed E-state index contributed by atoms with van der Waals surface area (Å²) in [6.07, 6.45) is 2.08. The van der Waals surface area contributed by atoms with Gasteiger partial charge in [0, 0.05) is 24.8 Å². The first-order chi connectivity index (χ1) is 10.8. The second kappa shape index (κ2) is 6.87. The Hall–Kier alpha value is -1.95. The molecule has 0 fully saturated rings. The van der Waals surface area contributed by atoms with Crippen LogP contribution in [0.1, 0.15) is 5.56 Å². The van der Waals surface area contributed by atoms with Crippen molar-refractivity contribution in [3.05, 3.63) is 59.6 Å². The molecule has 0 saturated carbocycles. The van der Waals surface area contributed by atoms with E-state index in [1.165, 1.54) is 10.4 Å². The summed E-state index contributed by atoms with van der Waals surface area (Å²) in [5, 5.41) is 15.9. The standard InChI is InChI=1S/C17H19N3OS/c1-19(9-10-21)12-14-13-20(15-6-3-2-4-7-15)18-17(14)16-8-5-11-22-16/h2-8,11,13,21H,9-10,12H2,1H3. The maximum absolute atomic E-state index is 9.09. The Morgan fingerprint density at radius 1 is 1.18 bits per heavy atom. The van der Waals surface area contributed by atoms with E-state index in [4.69, 9.17) is 10.2 Å². The first-order valence-electron chi connectivity index (χ1n) is 7.25. The maximum atomic E-state index is 9.09. The summed E-state index contributed by atoms with van der Waals surface area (Å²) in [6.45, 7) is 1.58. The maximum Gasteiger partial charge on any atom is 0.107 e. The number of hydrogen-bond donors (Lipinski definition) is 1. The largest absolute Gasteiger partial charge is 0.395 e. The molecule has 3 rings (SSSR count). The van der Waals surface area contributed by atoms with E-state index in [0.29, 0.717) is 6.54 Å². The van der Waals surface area contributed by atoms with Gasteiger partial charge in [0.05, 0.1) is 17.2 Å². The van der Waals surface area contributed by atoms with Gasteiger partial charge >= 0.3 is 0 Å². The lowest BCUT2D eigenvalue weighted by atomic mass is 10.2. The molecular formula is C17H19N3OS. The monoisotopic (exact) mass is 313 g/mol. The lowest BCUT2D eigenvalue weighted by Crippen LogP contribution is -2.21. The van der Waals surface area contributed by atoms with Crippen molar-refractivity contribution in [2.75, 3.05) is 20.2 Å². The number of aliphatic hydroxyl groups excluding tert-OH is 1. The molecule has 0 radical (unpaired) electrons. The molecule has 5 heteroatoms. The zero-order valence-electron chi connectivity index (χ0n) is 12.5. The van der Waals surface area contributed by atoms with Gasteiger partial charge in [0.15, 0.2) is 0 Å². The van der Waals surface area contributed by atoms with E-state index in [1.807, 2.05) is 48.1 Å². The van der Waals surface area contributed by atoms with Gasteiger partial charge < -0.3 is 5.11 Å². The van der Waals surface area contributed by atoms with Crippen molar-refractivity contribution in [1.82, 2.24) is 14.7 Å². The van der Waals surface area contributed by atoms with E-state index >= 15 is 0 Å². The van der Waals surface area contributed by atoms with Gasteiger partial charge in [-0.05, 0) is 30.6 Å². The molecule has 2 heterocycles. The highest BCUT2D eigenvalue weighted by Crippen LogP contribution is 2.28. The number of aliphatic hydroxyl groups is 1. The Labute approximate surface area is 134 Å². The molecule has 0 aliphatic rings. The van der Waals surface area contributed by atoms with Gasteiger partial charge in [0.2, 0.25) is 0 Å². The highest BCUT2D eigenvalue weighted by atomic mass is 32.1. The zero-order valence-corrected chi connectivity index (χ0v) is 13.3. The van der Waals surface area contributed by atoms with Crippen LogP contribution in [0.25, 0.3) is 16.3 Å². The molecule has 3 aromatic rings. The van der Waals surface area contributed by atoms with Crippen LogP contribution in [0.3, 0.4) is 0 Å². The number of thiophene rings is 1. The SMILES string of the molecule is CN(CCO)Cc1cn(-c2ccccc2)nc1-c1cccs1. The Kier molecular flexibility index (Phi) is 4.68. The molecule has 22 heavy (non-hydrogen) atoms. The fourth-order valence-corrected chi connectivity index (χ4v) is 3.14. The Bertz CT molecular complexity index is 707. The van der Waals surface area contributed by atoms with Crippen molar-refractivity contribution >= 4 is 11.3 Å². The summed E-state index contributed by atoms with van der Waals surface area (Å²) in [7, 11) is 2.01. The van der Waals surface area contributed by atoms with Crippen LogP contribution in [0.5, 0.6) is 0 Å². The van der Waals surface area contributed by atoms with Crippen molar-refractivity contribution < 1.29 is 5.11 Å². The number of para-hydroxylation sites is 1. The molecule has 4 nitrogen and oxygen atoms in total. The highest BCUT2D eigenvalue weighted by Gasteiger charge is 2.14. The first kappa shape index (κ1) is 15.0. The van der Waals surface area contributed by atoms with Gasteiger partial charge in [0.25, 0.3) is 0 Å². The van der Waals surface area contributed by atoms with E-state index < -0.39 is 0 Å². The van der Waals surface area contributed by atoms with Crippen molar-refractivity contribution in [2.45, 2.75) is 6.54 Å². The topological polar surface area (TPSA) is 41.3 Å². The first-order valence-corrected chi connectivity index (χ1v) is 8.13. The van der Waals surface area contributed by atoms with E-state index in [1.54, 1.807) is 11.3 Å². The highest BCUT2D eigenvalue weighted by molar-refractivity contribution is 7.13. The molecule has 0 aliphatic carbocycles. The van der Waals surface area contributed by atoms with Crippen LogP contribution in [0, 0.1) is 0 Å². The van der Waals surface area contributed by atoms with Gasteiger partial charge in [-0.15, -0.1) is 11.3 Å². The van der Waals surface area contributed by atoms with Gasteiger partial charge in [-0.2, -0.15) is 5.10 Å². The van der Waals surface area contributed by atoms with Crippen LogP contribution < -0.4 is 0 Å². The van der Waals surface area contributed by atoms with Crippen LogP contribution >= 0.6 is 11.3 Å². The minimum Gasteiger partial charge on any atom is -0.395 e. The number of aromatic nitrogens is 2. The predicted octanol–water partition coefficient (Wildman–Crippen LogP) is 3.02. The lowest BCUT2D eigenvalue weighted by Gasteiger charge is -2.14. The molecule has 0 spiro atoms. The molecule has 0 atom stereocenters. The van der Waals surface area contributed by atoms with E-state index in [-0.39, 0.29) is 6.61 Å². The van der Waals surface area contributed by atoms with Crippen molar-refractivity contribution in [2.24, 2.45) is 0 Å². The summed E-state index contributed by atoms with van der Waals surface area (Å²) < 4.78 is 1.93. The molecule has 0 saturated heterocycles. The average Bonchev–Trinajstić information content (AvgIpc) is 3.17. The van der Waals surface area contributed by atoms with Gasteiger partial charge in [-0.3, -0.25) is 4.90 Å². The zero-order chi connectivity index (χ0) is 15.4. The third kappa shape index (κ3) is 3.27. The fraction of sp³-hybridized carbons (Fsp3) is 0.235. The molecule has 0 amide bonds. The third-order valence-electron chi connectivity index (χ3n) is 3.49. The molecule has 0 unspecified atom stereocenters. The number of hydrogen-bond acceptors (Lipinski definition) is 4. The van der Waals surface area contributed by atoms with Crippen LogP contribution in [-0.2, 0) is 6.54 Å². The van der Waals surface area contributed by atoms with E-state index in [0.717, 1.165) is 17.9 Å². The van der Waals surface area contributed by atoms with Crippen molar-refractivity contribution in [3.63, 3.8) is 0 Å². The summed E-state index contributed by atoms with van der Waals surface area (Å²) in [4.78, 5) is 3.27. The normalized spacial score (nSPS) is 11.2. The third-order valence-corrected chi connectivity index (χ3v) is 4.36. The Morgan fingerprint density at radius 2 is 2.00 bits per heavy atom. The molecule has 1 aromatic carbocycles. The summed E-state index contributed by atoms with van der Waals surface area (Å²) >= 11 is 1.70. The molecule has 0 bridgehead atoms. The lowest BCUT2D eigenvalue weighted by molar-refractivity contribution is 0.217. The molecule has 0 aliphatic heterocycles. The minimum atomic E-state index is 0.164. The van der Waals surface area contributed by atoms with Crippen LogP contribution in [0.4, 0.5) is 0 Å². The predicted molar refractivity (Wildman–Crippen MR) is 90.3 cm³/mol. The summed E-state index contributed by atoms with van der Waals surface area (Å²) in [5.41, 5.74) is 3.24. The van der Waals surface area contributed by atoms with Gasteiger partial charge in [0.1, 0.15) is 5.69 Å². The number of rotatable bonds is 6. The molecule has 114 valence electrons. The average molecular weight is 313 g/mol. The van der Waals surface area contributed by atoms with Gasteiger partial charge in [-0.1, -0.05) is 24.3 Å². The van der Waals surface area contributed by atoms with E-state index in [9.17, 15) is 0 Å². The summed E-state index contributed by atoms with van der Waals surface area (Å²) in [5.74, 6) is 0. The second-order valence-corrected chi connectivity index (χ2v) is 6.17. The number of nitrogens with zero attached hydrogens (tertiary/aromatic N) is 3. The van der Waals surface area contributed by atoms with Crippen molar-refractivity contribution in [1.29, 1.82) is 0 Å². The Balaban J connectivity index is 1.97. The van der Waals surface area contributed by atoms with Crippen LogP contribution in [0.15, 0.2) is 54.0 Å². The number of likely N-dealkylation sites (N-methyl/N-ethyl adjacent to an activating group) is 1.